The van der Waals surface area contributed by atoms with Crippen LogP contribution >= 0.6 is 11.6 Å². The van der Waals surface area contributed by atoms with Gasteiger partial charge in [0.2, 0.25) is 0 Å². The Morgan fingerprint density at radius 1 is 1.27 bits per heavy atom. The molecule has 3 rings (SSSR count). The van der Waals surface area contributed by atoms with Crippen LogP contribution in [0.15, 0.2) is 24.3 Å². The van der Waals surface area contributed by atoms with Gasteiger partial charge in [0.05, 0.1) is 5.69 Å². The molecule has 26 heavy (non-hydrogen) atoms. The fourth-order valence-corrected chi connectivity index (χ4v) is 3.30. The van der Waals surface area contributed by atoms with E-state index < -0.39 is 0 Å². The zero-order valence-electron chi connectivity index (χ0n) is 14.8. The Kier molecular flexibility index (Phi) is 5.93. The average Bonchev–Trinajstić information content (AvgIpc) is 3.02. The number of anilines is 1. The summed E-state index contributed by atoms with van der Waals surface area (Å²) in [7, 11) is 0. The number of imidazole rings is 1. The number of hydrogen-bond donors (Lipinski definition) is 2. The minimum absolute atomic E-state index is 0.219. The van der Waals surface area contributed by atoms with Gasteiger partial charge in [0.25, 0.3) is 11.8 Å². The molecule has 1 aromatic carbocycles. The van der Waals surface area contributed by atoms with Crippen molar-refractivity contribution >= 4 is 29.1 Å². The Hall–Kier alpha value is -2.34. The number of aromatic nitrogens is 2. The molecule has 138 valence electrons. The smallest absolute Gasteiger partial charge is 0.287 e. The van der Waals surface area contributed by atoms with Crippen LogP contribution in [0.3, 0.4) is 0 Å². The van der Waals surface area contributed by atoms with Crippen LogP contribution < -0.4 is 10.6 Å². The number of fused-ring (bicyclic) bond motifs is 1. The van der Waals surface area contributed by atoms with Crippen molar-refractivity contribution in [1.29, 1.82) is 0 Å². The first kappa shape index (κ1) is 18.5. The van der Waals surface area contributed by atoms with Gasteiger partial charge in [-0.25, -0.2) is 4.98 Å². The highest BCUT2D eigenvalue weighted by Gasteiger charge is 2.27. The van der Waals surface area contributed by atoms with Crippen molar-refractivity contribution in [1.82, 2.24) is 14.9 Å². The Bertz CT molecular complexity index is 816. The number of nitrogens with zero attached hydrogens (tertiary/aromatic N) is 2. The molecule has 2 amide bonds. The molecule has 0 radical (unpaired) electrons. The molecule has 1 aliphatic heterocycles. The Labute approximate surface area is 157 Å². The fraction of sp³-hybridized carbons (Fsp3) is 0.421. The summed E-state index contributed by atoms with van der Waals surface area (Å²) in [5, 5.41) is 6.26. The second-order valence-corrected chi connectivity index (χ2v) is 6.85. The highest BCUT2D eigenvalue weighted by molar-refractivity contribution is 6.31. The first-order valence-electron chi connectivity index (χ1n) is 9.04. The Morgan fingerprint density at radius 3 is 2.88 bits per heavy atom. The molecule has 1 aliphatic rings. The first-order valence-corrected chi connectivity index (χ1v) is 9.42. The van der Waals surface area contributed by atoms with Crippen molar-refractivity contribution in [2.24, 2.45) is 0 Å². The molecule has 0 saturated carbocycles. The molecule has 0 aliphatic carbocycles. The highest BCUT2D eigenvalue weighted by Crippen LogP contribution is 2.23. The van der Waals surface area contributed by atoms with Crippen LogP contribution in [0.25, 0.3) is 0 Å². The van der Waals surface area contributed by atoms with Crippen LogP contribution in [0, 0.1) is 0 Å². The average molecular weight is 375 g/mol. The lowest BCUT2D eigenvalue weighted by atomic mass is 10.1. The molecule has 2 heterocycles. The van der Waals surface area contributed by atoms with E-state index in [1.807, 2.05) is 4.57 Å². The van der Waals surface area contributed by atoms with Crippen LogP contribution in [0.1, 0.15) is 59.4 Å². The molecule has 6 nitrogen and oxygen atoms in total. The molecule has 1 aromatic heterocycles. The summed E-state index contributed by atoms with van der Waals surface area (Å²) in [6.45, 7) is 3.40. The van der Waals surface area contributed by atoms with Crippen LogP contribution in [0.4, 0.5) is 5.69 Å². The van der Waals surface area contributed by atoms with Gasteiger partial charge in [0.1, 0.15) is 0 Å². The molecular formula is C19H23ClN4O2. The van der Waals surface area contributed by atoms with E-state index in [9.17, 15) is 9.59 Å². The standard InChI is InChI=1S/C19H23ClN4O2/c1-2-3-10-21-19(26)17-23-16(15-9-4-5-11-24(15)17)18(25)22-14-8-6-7-13(20)12-14/h6-8,12H,2-5,9-11H2,1H3,(H,21,26)(H,22,25). The fourth-order valence-electron chi connectivity index (χ4n) is 3.11. The second-order valence-electron chi connectivity index (χ2n) is 6.41. The van der Waals surface area contributed by atoms with Gasteiger partial charge in [-0.05, 0) is 43.9 Å². The van der Waals surface area contributed by atoms with Gasteiger partial charge in [-0.15, -0.1) is 0 Å². The number of rotatable bonds is 6. The number of carbonyl (C=O) groups is 2. The molecule has 7 heteroatoms. The van der Waals surface area contributed by atoms with Gasteiger partial charge in [-0.3, -0.25) is 9.59 Å². The third-order valence-electron chi connectivity index (χ3n) is 4.43. The summed E-state index contributed by atoms with van der Waals surface area (Å²) in [4.78, 5) is 29.6. The van der Waals surface area contributed by atoms with E-state index in [4.69, 9.17) is 11.6 Å². The number of unbranched alkanes of at least 4 members (excludes halogenated alkanes) is 1. The highest BCUT2D eigenvalue weighted by atomic mass is 35.5. The molecule has 0 saturated heterocycles. The molecular weight excluding hydrogens is 352 g/mol. The molecule has 0 bridgehead atoms. The van der Waals surface area contributed by atoms with Crippen LogP contribution in [-0.4, -0.2) is 27.9 Å². The molecule has 0 unspecified atom stereocenters. The van der Waals surface area contributed by atoms with Gasteiger partial charge in [0, 0.05) is 23.8 Å². The summed E-state index contributed by atoms with van der Waals surface area (Å²) in [6, 6.07) is 6.96. The maximum Gasteiger partial charge on any atom is 0.287 e. The number of nitrogens with one attached hydrogen (secondary N) is 2. The van der Waals surface area contributed by atoms with E-state index in [1.165, 1.54) is 0 Å². The van der Waals surface area contributed by atoms with E-state index in [0.717, 1.165) is 37.8 Å². The van der Waals surface area contributed by atoms with Crippen molar-refractivity contribution in [3.8, 4) is 0 Å². The molecule has 2 N–H and O–H groups in total. The van der Waals surface area contributed by atoms with Gasteiger partial charge >= 0.3 is 0 Å². The predicted octanol–water partition coefficient (Wildman–Crippen LogP) is 3.66. The molecule has 2 aromatic rings. The number of halogens is 1. The van der Waals surface area contributed by atoms with E-state index in [1.54, 1.807) is 24.3 Å². The lowest BCUT2D eigenvalue weighted by molar-refractivity contribution is 0.0937. The van der Waals surface area contributed by atoms with Crippen LogP contribution in [-0.2, 0) is 13.0 Å². The predicted molar refractivity (Wildman–Crippen MR) is 102 cm³/mol. The van der Waals surface area contributed by atoms with E-state index in [-0.39, 0.29) is 11.8 Å². The van der Waals surface area contributed by atoms with Crippen molar-refractivity contribution in [2.45, 2.75) is 45.6 Å². The minimum Gasteiger partial charge on any atom is -0.349 e. The lowest BCUT2D eigenvalue weighted by Crippen LogP contribution is -2.28. The largest absolute Gasteiger partial charge is 0.349 e. The van der Waals surface area contributed by atoms with E-state index in [0.29, 0.717) is 35.3 Å². The summed E-state index contributed by atoms with van der Waals surface area (Å²) < 4.78 is 1.89. The number of hydrogen-bond acceptors (Lipinski definition) is 3. The number of amides is 2. The third-order valence-corrected chi connectivity index (χ3v) is 4.67. The third kappa shape index (κ3) is 4.07. The summed E-state index contributed by atoms with van der Waals surface area (Å²) in [5.41, 5.74) is 1.76. The maximum absolute atomic E-state index is 12.7. The van der Waals surface area contributed by atoms with Crippen LogP contribution in [0.2, 0.25) is 5.02 Å². The topological polar surface area (TPSA) is 76.0 Å². The van der Waals surface area contributed by atoms with Crippen molar-refractivity contribution < 1.29 is 9.59 Å². The number of benzene rings is 1. The maximum atomic E-state index is 12.7. The second kappa shape index (κ2) is 8.36. The van der Waals surface area contributed by atoms with Gasteiger partial charge in [-0.2, -0.15) is 0 Å². The monoisotopic (exact) mass is 374 g/mol. The quantitative estimate of drug-likeness (QED) is 0.757. The summed E-state index contributed by atoms with van der Waals surface area (Å²) in [6.07, 6.45) is 4.64. The number of carbonyl (C=O) groups excluding carboxylic acids is 2. The van der Waals surface area contributed by atoms with E-state index in [2.05, 4.69) is 22.5 Å². The van der Waals surface area contributed by atoms with Crippen molar-refractivity contribution in [2.75, 3.05) is 11.9 Å². The van der Waals surface area contributed by atoms with Crippen LogP contribution in [0.5, 0.6) is 0 Å². The molecule has 0 fully saturated rings. The van der Waals surface area contributed by atoms with Crippen molar-refractivity contribution in [3.63, 3.8) is 0 Å². The van der Waals surface area contributed by atoms with Gasteiger partial charge in [0.15, 0.2) is 11.5 Å². The van der Waals surface area contributed by atoms with Gasteiger partial charge in [-0.1, -0.05) is 31.0 Å². The zero-order valence-corrected chi connectivity index (χ0v) is 15.6. The SMILES string of the molecule is CCCCNC(=O)c1nc(C(=O)Nc2cccc(Cl)c2)c2n1CCCC2. The Morgan fingerprint density at radius 2 is 2.12 bits per heavy atom. The van der Waals surface area contributed by atoms with Crippen molar-refractivity contribution in [3.05, 3.63) is 46.5 Å². The lowest BCUT2D eigenvalue weighted by Gasteiger charge is -2.17. The first-order chi connectivity index (χ1) is 12.6. The summed E-state index contributed by atoms with van der Waals surface area (Å²) >= 11 is 5.97. The normalized spacial score (nSPS) is 13.2. The molecule has 0 spiro atoms. The summed E-state index contributed by atoms with van der Waals surface area (Å²) in [5.74, 6) is -0.207. The Balaban J connectivity index is 1.84. The molecule has 0 atom stereocenters. The zero-order chi connectivity index (χ0) is 18.5. The minimum atomic E-state index is -0.314. The van der Waals surface area contributed by atoms with Gasteiger partial charge < -0.3 is 15.2 Å². The van der Waals surface area contributed by atoms with E-state index >= 15 is 0 Å².